The van der Waals surface area contributed by atoms with E-state index in [9.17, 15) is 19.5 Å². The lowest BCUT2D eigenvalue weighted by molar-refractivity contribution is -0.128. The summed E-state index contributed by atoms with van der Waals surface area (Å²) in [4.78, 5) is 47.7. The van der Waals surface area contributed by atoms with Gasteiger partial charge in [-0.3, -0.25) is 9.80 Å². The number of phenols is 1. The van der Waals surface area contributed by atoms with Crippen LogP contribution in [0.1, 0.15) is 43.2 Å². The van der Waals surface area contributed by atoms with Gasteiger partial charge in [-0.15, -0.1) is 0 Å². The number of benzene rings is 2. The zero-order chi connectivity index (χ0) is 29.9. The fourth-order valence-electron chi connectivity index (χ4n) is 6.76. The number of anilines is 1. The van der Waals surface area contributed by atoms with Gasteiger partial charge in [0.25, 0.3) is 0 Å². The van der Waals surface area contributed by atoms with Gasteiger partial charge in [0.2, 0.25) is 0 Å². The van der Waals surface area contributed by atoms with Gasteiger partial charge in [-0.1, -0.05) is 24.3 Å². The molecule has 0 saturated carbocycles. The molecule has 0 aliphatic carbocycles. The molecule has 0 bridgehead atoms. The summed E-state index contributed by atoms with van der Waals surface area (Å²) < 4.78 is 6.34. The van der Waals surface area contributed by atoms with E-state index in [0.29, 0.717) is 36.4 Å². The first-order chi connectivity index (χ1) is 20.2. The van der Waals surface area contributed by atoms with E-state index in [1.165, 1.54) is 0 Å². The smallest absolute Gasteiger partial charge is 0.411 e. The van der Waals surface area contributed by atoms with E-state index in [0.717, 1.165) is 55.5 Å². The molecule has 226 valence electrons. The molecule has 2 aromatic rings. The van der Waals surface area contributed by atoms with Crippen molar-refractivity contribution in [3.05, 3.63) is 58.1 Å². The number of nitrogens with one attached hydrogen (secondary N) is 1. The fraction of sp³-hybridized carbons (Fsp3) is 0.516. The van der Waals surface area contributed by atoms with Crippen LogP contribution in [0.2, 0.25) is 0 Å². The number of urea groups is 1. The van der Waals surface area contributed by atoms with Crippen LogP contribution < -0.4 is 5.32 Å². The number of para-hydroxylation sites is 1. The topological polar surface area (TPSA) is 106 Å². The van der Waals surface area contributed by atoms with Crippen molar-refractivity contribution in [2.75, 3.05) is 45.6 Å². The van der Waals surface area contributed by atoms with Gasteiger partial charge >= 0.3 is 12.1 Å². The lowest BCUT2D eigenvalue weighted by Crippen LogP contribution is -2.69. The molecule has 2 fully saturated rings. The quantitative estimate of drug-likeness (QED) is 0.424. The second-order valence-corrected chi connectivity index (χ2v) is 12.6. The first-order valence-corrected chi connectivity index (χ1v) is 15.4. The minimum Gasteiger partial charge on any atom is -0.507 e. The van der Waals surface area contributed by atoms with Gasteiger partial charge in [0.1, 0.15) is 24.3 Å². The second kappa shape index (κ2) is 13.0. The zero-order valence-corrected chi connectivity index (χ0v) is 25.9. The van der Waals surface area contributed by atoms with Crippen LogP contribution in [-0.4, -0.2) is 101 Å². The summed E-state index contributed by atoms with van der Waals surface area (Å²) in [6, 6.07) is 13.0. The van der Waals surface area contributed by atoms with Crippen LogP contribution in [0.15, 0.2) is 46.9 Å². The summed E-state index contributed by atoms with van der Waals surface area (Å²) in [5.74, 6) is 0.110. The fourth-order valence-corrected chi connectivity index (χ4v) is 7.18. The van der Waals surface area contributed by atoms with Crippen LogP contribution in [-0.2, 0) is 22.6 Å². The predicted molar refractivity (Wildman–Crippen MR) is 163 cm³/mol. The van der Waals surface area contributed by atoms with Crippen LogP contribution >= 0.6 is 15.9 Å². The first kappa shape index (κ1) is 30.3. The molecule has 0 radical (unpaired) electrons. The number of piperidine rings is 2. The highest BCUT2D eigenvalue weighted by atomic mass is 79.9. The highest BCUT2D eigenvalue weighted by Crippen LogP contribution is 2.40. The van der Waals surface area contributed by atoms with Gasteiger partial charge in [-0.2, -0.15) is 0 Å². The third-order valence-electron chi connectivity index (χ3n) is 9.12. The lowest BCUT2D eigenvalue weighted by atomic mass is 9.84. The second-order valence-electron chi connectivity index (χ2n) is 11.7. The Morgan fingerprint density at radius 2 is 1.90 bits per heavy atom. The summed E-state index contributed by atoms with van der Waals surface area (Å²) >= 11 is 3.31. The Balaban J connectivity index is 1.40. The lowest BCUT2D eigenvalue weighted by Gasteiger charge is -2.56. The molecule has 10 nitrogen and oxygen atoms in total. The number of hydrogen-bond acceptors (Lipinski definition) is 7. The van der Waals surface area contributed by atoms with Crippen molar-refractivity contribution in [1.29, 1.82) is 0 Å². The number of likely N-dealkylation sites (tertiary alicyclic amines) is 2. The molecule has 42 heavy (non-hydrogen) atoms. The van der Waals surface area contributed by atoms with Crippen LogP contribution in [0.4, 0.5) is 15.3 Å². The summed E-state index contributed by atoms with van der Waals surface area (Å²) in [5, 5.41) is 12.9. The summed E-state index contributed by atoms with van der Waals surface area (Å²) in [6.45, 7) is 2.42. The number of aldehydes is 1. The summed E-state index contributed by atoms with van der Waals surface area (Å²) in [5.41, 5.74) is 1.75. The van der Waals surface area contributed by atoms with Gasteiger partial charge in [0.05, 0.1) is 4.47 Å². The maximum atomic E-state index is 13.8. The molecule has 11 heteroatoms. The Morgan fingerprint density at radius 1 is 1.14 bits per heavy atom. The molecule has 3 aliphatic heterocycles. The van der Waals surface area contributed by atoms with Crippen molar-refractivity contribution in [2.24, 2.45) is 0 Å². The number of rotatable bonds is 7. The standard InChI is InChI=1S/C31H40BrN5O5/c1-34(2)24-10-14-35(15-11-24)31(13-18-38)20-25(36-16-9-23-5-3-4-6-27(23)33-29(36)40)12-17-37(31)30(41)42-21-22-7-8-28(39)26(32)19-22/h3-8,18-19,24-25,39H,9-17,20-21H2,1-2H3,(H,33,40)/t25-,31+/m1/s1. The van der Waals surface area contributed by atoms with Crippen LogP contribution in [0.25, 0.3) is 0 Å². The van der Waals surface area contributed by atoms with E-state index < -0.39 is 11.8 Å². The van der Waals surface area contributed by atoms with Crippen molar-refractivity contribution >= 4 is 40.0 Å². The Morgan fingerprint density at radius 3 is 2.62 bits per heavy atom. The number of halogens is 1. The third-order valence-corrected chi connectivity index (χ3v) is 9.76. The molecule has 2 saturated heterocycles. The normalized spacial score (nSPS) is 23.7. The molecule has 2 atom stereocenters. The predicted octanol–water partition coefficient (Wildman–Crippen LogP) is 4.66. The van der Waals surface area contributed by atoms with Crippen molar-refractivity contribution in [3.63, 3.8) is 0 Å². The highest BCUT2D eigenvalue weighted by Gasteiger charge is 2.51. The number of fused-ring (bicyclic) bond motifs is 1. The minimum absolute atomic E-state index is 0.0320. The van der Waals surface area contributed by atoms with E-state index in [1.54, 1.807) is 23.1 Å². The van der Waals surface area contributed by atoms with Crippen LogP contribution in [0, 0.1) is 0 Å². The average Bonchev–Trinajstić information content (AvgIpc) is 3.15. The van der Waals surface area contributed by atoms with Gasteiger partial charge in [-0.25, -0.2) is 9.59 Å². The van der Waals surface area contributed by atoms with E-state index in [4.69, 9.17) is 4.74 Å². The number of nitrogens with zero attached hydrogens (tertiary/aromatic N) is 4. The number of aromatic hydroxyl groups is 1. The number of carbonyl (C=O) groups excluding carboxylic acids is 3. The molecule has 3 amide bonds. The van der Waals surface area contributed by atoms with Crippen molar-refractivity contribution in [3.8, 4) is 5.75 Å². The molecular weight excluding hydrogens is 602 g/mol. The molecular formula is C31H40BrN5O5. The molecule has 0 unspecified atom stereocenters. The molecule has 2 aromatic carbocycles. The molecule has 3 heterocycles. The maximum absolute atomic E-state index is 13.8. The number of phenolic OH excluding ortho intramolecular Hbond substituents is 1. The van der Waals surface area contributed by atoms with Gasteiger partial charge in [0, 0.05) is 56.8 Å². The number of ether oxygens (including phenoxy) is 1. The Bertz CT molecular complexity index is 1300. The summed E-state index contributed by atoms with van der Waals surface area (Å²) in [7, 11) is 4.17. The van der Waals surface area contributed by atoms with Gasteiger partial charge in [-0.05, 0) is 85.0 Å². The van der Waals surface area contributed by atoms with Crippen molar-refractivity contribution < 1.29 is 24.2 Å². The van der Waals surface area contributed by atoms with E-state index in [2.05, 4.69) is 45.1 Å². The molecule has 0 aromatic heterocycles. The van der Waals surface area contributed by atoms with Gasteiger partial charge < -0.3 is 29.8 Å². The largest absolute Gasteiger partial charge is 0.507 e. The zero-order valence-electron chi connectivity index (χ0n) is 24.3. The number of hydrogen-bond donors (Lipinski definition) is 2. The van der Waals surface area contributed by atoms with Crippen LogP contribution in [0.5, 0.6) is 5.75 Å². The van der Waals surface area contributed by atoms with Crippen LogP contribution in [0.3, 0.4) is 0 Å². The summed E-state index contributed by atoms with van der Waals surface area (Å²) in [6.07, 6.45) is 4.16. The highest BCUT2D eigenvalue weighted by molar-refractivity contribution is 9.10. The Labute approximate surface area is 255 Å². The minimum atomic E-state index is -0.909. The van der Waals surface area contributed by atoms with Crippen molar-refractivity contribution in [1.82, 2.24) is 19.6 Å². The monoisotopic (exact) mass is 641 g/mol. The molecule has 2 N–H and O–H groups in total. The molecule has 0 spiro atoms. The van der Waals surface area contributed by atoms with Gasteiger partial charge in [0.15, 0.2) is 0 Å². The third kappa shape index (κ3) is 6.28. The first-order valence-electron chi connectivity index (χ1n) is 14.6. The average molecular weight is 643 g/mol. The Kier molecular flexibility index (Phi) is 9.39. The SMILES string of the molecule is CN(C)C1CCN([C@]2(CC=O)C[C@H](N3CCc4ccccc4NC3=O)CCN2C(=O)OCc2ccc(O)c(Br)c2)CC1. The number of amides is 3. The molecule has 5 rings (SSSR count). The van der Waals surface area contributed by atoms with Crippen molar-refractivity contribution in [2.45, 2.75) is 62.9 Å². The maximum Gasteiger partial charge on any atom is 0.411 e. The van der Waals surface area contributed by atoms with E-state index in [-0.39, 0.29) is 30.9 Å². The number of carbonyl (C=O) groups is 3. The van der Waals surface area contributed by atoms with E-state index in [1.807, 2.05) is 29.2 Å². The van der Waals surface area contributed by atoms with E-state index >= 15 is 0 Å². The Hall–Kier alpha value is -3.15. The molecule has 3 aliphatic rings.